The minimum atomic E-state index is -3.65. The Morgan fingerprint density at radius 3 is 2.21 bits per heavy atom. The minimum absolute atomic E-state index is 0.163. The van der Waals surface area contributed by atoms with Crippen molar-refractivity contribution in [2.45, 2.75) is 17.6 Å². The summed E-state index contributed by atoms with van der Waals surface area (Å²) < 4.78 is 31.5. The van der Waals surface area contributed by atoms with Gasteiger partial charge >= 0.3 is 0 Å². The number of carbonyl (C=O) groups excluding carboxylic acids is 1. The van der Waals surface area contributed by atoms with Crippen LogP contribution in [-0.4, -0.2) is 14.2 Å². The molecule has 0 aliphatic heterocycles. The fourth-order valence-electron chi connectivity index (χ4n) is 3.18. The molecular formula is C23H18O4S. The summed E-state index contributed by atoms with van der Waals surface area (Å²) in [6.07, 6.45) is 0. The first-order chi connectivity index (χ1) is 13.5. The standard InChI is InChI=1S/C23H18O4S/c1-16-11-13-17(14-12-16)23(24)22-19-9-5-6-10-20(19)27-21(22)15-28(25,26)18-7-3-2-4-8-18/h2-14H,15H2,1H3. The topological polar surface area (TPSA) is 64.3 Å². The van der Waals surface area contributed by atoms with Crippen LogP contribution in [0.2, 0.25) is 0 Å². The van der Waals surface area contributed by atoms with Crippen molar-refractivity contribution in [1.82, 2.24) is 0 Å². The van der Waals surface area contributed by atoms with Gasteiger partial charge in [-0.1, -0.05) is 66.2 Å². The van der Waals surface area contributed by atoms with Gasteiger partial charge in [0, 0.05) is 10.9 Å². The van der Waals surface area contributed by atoms with Crippen molar-refractivity contribution in [2.24, 2.45) is 0 Å². The van der Waals surface area contributed by atoms with Crippen molar-refractivity contribution < 1.29 is 17.6 Å². The smallest absolute Gasteiger partial charge is 0.197 e. The lowest BCUT2D eigenvalue weighted by molar-refractivity contribution is 0.103. The molecule has 5 heteroatoms. The molecule has 0 saturated heterocycles. The Bertz CT molecular complexity index is 1250. The molecule has 0 atom stereocenters. The van der Waals surface area contributed by atoms with Crippen LogP contribution in [0.1, 0.15) is 27.2 Å². The molecule has 0 aliphatic rings. The summed E-state index contributed by atoms with van der Waals surface area (Å²) in [5, 5.41) is 0.617. The predicted molar refractivity (Wildman–Crippen MR) is 108 cm³/mol. The number of sulfone groups is 1. The number of aryl methyl sites for hydroxylation is 1. The van der Waals surface area contributed by atoms with E-state index in [1.807, 2.05) is 19.1 Å². The summed E-state index contributed by atoms with van der Waals surface area (Å²) in [6.45, 7) is 1.94. The lowest BCUT2D eigenvalue weighted by Crippen LogP contribution is -2.09. The molecule has 1 heterocycles. The summed E-state index contributed by atoms with van der Waals surface area (Å²) in [7, 11) is -3.65. The van der Waals surface area contributed by atoms with Gasteiger partial charge in [-0.15, -0.1) is 0 Å². The van der Waals surface area contributed by atoms with E-state index in [0.29, 0.717) is 22.1 Å². The number of fused-ring (bicyclic) bond motifs is 1. The van der Waals surface area contributed by atoms with E-state index in [1.54, 1.807) is 66.7 Å². The number of hydrogen-bond donors (Lipinski definition) is 0. The normalized spacial score (nSPS) is 11.6. The third kappa shape index (κ3) is 3.37. The molecular weight excluding hydrogens is 372 g/mol. The summed E-state index contributed by atoms with van der Waals surface area (Å²) in [5.41, 5.74) is 2.34. The zero-order valence-corrected chi connectivity index (χ0v) is 16.1. The second-order valence-corrected chi connectivity index (χ2v) is 8.65. The van der Waals surface area contributed by atoms with Crippen LogP contribution in [-0.2, 0) is 15.6 Å². The molecule has 0 spiro atoms. The third-order valence-electron chi connectivity index (χ3n) is 4.63. The highest BCUT2D eigenvalue weighted by molar-refractivity contribution is 7.90. The Morgan fingerprint density at radius 1 is 0.857 bits per heavy atom. The van der Waals surface area contributed by atoms with Crippen LogP contribution >= 0.6 is 0 Å². The molecule has 0 radical (unpaired) electrons. The van der Waals surface area contributed by atoms with Gasteiger partial charge in [-0.3, -0.25) is 4.79 Å². The van der Waals surface area contributed by atoms with E-state index in [4.69, 9.17) is 4.42 Å². The van der Waals surface area contributed by atoms with E-state index < -0.39 is 9.84 Å². The molecule has 4 aromatic rings. The monoisotopic (exact) mass is 390 g/mol. The maximum absolute atomic E-state index is 13.2. The van der Waals surface area contributed by atoms with Gasteiger partial charge in [-0.25, -0.2) is 8.42 Å². The first-order valence-electron chi connectivity index (χ1n) is 8.85. The van der Waals surface area contributed by atoms with Gasteiger partial charge in [0.2, 0.25) is 0 Å². The maximum atomic E-state index is 13.2. The van der Waals surface area contributed by atoms with Crippen molar-refractivity contribution in [3.63, 3.8) is 0 Å². The molecule has 0 bridgehead atoms. The quantitative estimate of drug-likeness (QED) is 0.453. The van der Waals surface area contributed by atoms with Crippen LogP contribution < -0.4 is 0 Å². The van der Waals surface area contributed by atoms with Gasteiger partial charge in [-0.05, 0) is 25.1 Å². The fraction of sp³-hybridized carbons (Fsp3) is 0.0870. The van der Waals surface area contributed by atoms with Gasteiger partial charge < -0.3 is 4.42 Å². The Hall–Kier alpha value is -3.18. The van der Waals surface area contributed by atoms with Crippen LogP contribution in [0.4, 0.5) is 0 Å². The number of furan rings is 1. The van der Waals surface area contributed by atoms with Gasteiger partial charge in [0.25, 0.3) is 0 Å². The summed E-state index contributed by atoms with van der Waals surface area (Å²) in [5.74, 6) is -0.461. The Balaban J connectivity index is 1.84. The molecule has 1 aromatic heterocycles. The average Bonchev–Trinajstić information content (AvgIpc) is 3.05. The Morgan fingerprint density at radius 2 is 1.50 bits per heavy atom. The highest BCUT2D eigenvalue weighted by atomic mass is 32.2. The predicted octanol–water partition coefficient (Wildman–Crippen LogP) is 4.95. The highest BCUT2D eigenvalue weighted by Gasteiger charge is 2.26. The van der Waals surface area contributed by atoms with Crippen molar-refractivity contribution in [1.29, 1.82) is 0 Å². The fourth-order valence-corrected chi connectivity index (χ4v) is 4.47. The van der Waals surface area contributed by atoms with Crippen molar-refractivity contribution in [3.8, 4) is 0 Å². The number of rotatable bonds is 5. The summed E-state index contributed by atoms with van der Waals surface area (Å²) in [4.78, 5) is 13.4. The van der Waals surface area contributed by atoms with E-state index >= 15 is 0 Å². The third-order valence-corrected chi connectivity index (χ3v) is 6.27. The lowest BCUT2D eigenvalue weighted by atomic mass is 10.00. The second kappa shape index (κ2) is 7.09. The minimum Gasteiger partial charge on any atom is -0.459 e. The Kier molecular flexibility index (Phi) is 4.61. The summed E-state index contributed by atoms with van der Waals surface area (Å²) in [6, 6.07) is 22.5. The molecule has 0 amide bonds. The molecule has 28 heavy (non-hydrogen) atoms. The van der Waals surface area contributed by atoms with Crippen LogP contribution in [0, 0.1) is 6.92 Å². The molecule has 140 valence electrons. The molecule has 0 saturated carbocycles. The Labute approximate surface area is 163 Å². The van der Waals surface area contributed by atoms with Crippen molar-refractivity contribution in [2.75, 3.05) is 0 Å². The zero-order valence-electron chi connectivity index (χ0n) is 15.3. The lowest BCUT2D eigenvalue weighted by Gasteiger charge is -2.06. The van der Waals surface area contributed by atoms with Crippen LogP contribution in [0.15, 0.2) is 88.2 Å². The molecule has 3 aromatic carbocycles. The molecule has 4 rings (SSSR count). The molecule has 0 N–H and O–H groups in total. The molecule has 0 fully saturated rings. The van der Waals surface area contributed by atoms with E-state index in [0.717, 1.165) is 5.56 Å². The van der Waals surface area contributed by atoms with Crippen molar-refractivity contribution >= 4 is 26.6 Å². The number of para-hydroxylation sites is 1. The van der Waals surface area contributed by atoms with E-state index in [9.17, 15) is 13.2 Å². The van der Waals surface area contributed by atoms with Crippen LogP contribution in [0.3, 0.4) is 0 Å². The molecule has 0 unspecified atom stereocenters. The summed E-state index contributed by atoms with van der Waals surface area (Å²) >= 11 is 0. The van der Waals surface area contributed by atoms with Crippen LogP contribution in [0.5, 0.6) is 0 Å². The first kappa shape index (κ1) is 18.2. The van der Waals surface area contributed by atoms with E-state index in [2.05, 4.69) is 0 Å². The molecule has 4 nitrogen and oxygen atoms in total. The van der Waals surface area contributed by atoms with Gasteiger partial charge in [-0.2, -0.15) is 0 Å². The SMILES string of the molecule is Cc1ccc(C(=O)c2c(CS(=O)(=O)c3ccccc3)oc3ccccc23)cc1. The highest BCUT2D eigenvalue weighted by Crippen LogP contribution is 2.31. The average molecular weight is 390 g/mol. The maximum Gasteiger partial charge on any atom is 0.197 e. The number of carbonyl (C=O) groups is 1. The van der Waals surface area contributed by atoms with E-state index in [-0.39, 0.29) is 22.2 Å². The van der Waals surface area contributed by atoms with Crippen LogP contribution in [0.25, 0.3) is 11.0 Å². The number of hydrogen-bond acceptors (Lipinski definition) is 4. The molecule has 0 aliphatic carbocycles. The van der Waals surface area contributed by atoms with Gasteiger partial charge in [0.05, 0.1) is 10.5 Å². The zero-order chi connectivity index (χ0) is 19.7. The second-order valence-electron chi connectivity index (χ2n) is 6.66. The van der Waals surface area contributed by atoms with Gasteiger partial charge in [0.1, 0.15) is 17.1 Å². The largest absolute Gasteiger partial charge is 0.459 e. The number of ketones is 1. The number of benzene rings is 3. The first-order valence-corrected chi connectivity index (χ1v) is 10.5. The van der Waals surface area contributed by atoms with E-state index in [1.165, 1.54) is 0 Å². The van der Waals surface area contributed by atoms with Crippen molar-refractivity contribution in [3.05, 3.63) is 101 Å². The van der Waals surface area contributed by atoms with Gasteiger partial charge in [0.15, 0.2) is 15.6 Å².